The van der Waals surface area contributed by atoms with Crippen molar-refractivity contribution in [1.29, 1.82) is 0 Å². The van der Waals surface area contributed by atoms with Crippen molar-refractivity contribution in [1.82, 2.24) is 24.5 Å². The van der Waals surface area contributed by atoms with Crippen LogP contribution in [0.3, 0.4) is 0 Å². The molecule has 0 unspecified atom stereocenters. The molecule has 15 heavy (non-hydrogen) atoms. The Hall–Kier alpha value is -1.63. The Labute approximate surface area is 91.0 Å². The summed E-state index contributed by atoms with van der Waals surface area (Å²) < 4.78 is 1.83. The summed E-state index contributed by atoms with van der Waals surface area (Å²) in [4.78, 5) is 16.3. The molecular weight excluding hydrogens is 212 g/mol. The Kier molecular flexibility index (Phi) is 2.55. The number of hydrogen-bond donors (Lipinski definition) is 1. The molecule has 2 N–H and O–H groups in total. The van der Waals surface area contributed by atoms with Crippen molar-refractivity contribution in [3.63, 3.8) is 0 Å². The van der Waals surface area contributed by atoms with Crippen LogP contribution in [0.1, 0.15) is 0 Å². The van der Waals surface area contributed by atoms with E-state index in [4.69, 9.17) is 5.73 Å². The standard InChI is InChI=1S/C8H10N6S/c1-14-4-10-3-5(14)6-11-7(9)13-8(12-6)15-2/h3-4H,1-2H3,(H2,9,11,12,13). The van der Waals surface area contributed by atoms with Gasteiger partial charge in [-0.15, -0.1) is 0 Å². The van der Waals surface area contributed by atoms with E-state index in [0.717, 1.165) is 5.69 Å². The minimum Gasteiger partial charge on any atom is -0.368 e. The predicted octanol–water partition coefficient (Wildman–Crippen LogP) is 0.576. The molecule has 0 saturated heterocycles. The first kappa shape index (κ1) is 9.91. The number of nitrogen functional groups attached to an aromatic ring is 1. The van der Waals surface area contributed by atoms with Crippen LogP contribution in [0.4, 0.5) is 5.95 Å². The molecule has 2 aromatic heterocycles. The van der Waals surface area contributed by atoms with E-state index in [-0.39, 0.29) is 5.95 Å². The highest BCUT2D eigenvalue weighted by Crippen LogP contribution is 2.17. The number of anilines is 1. The molecule has 2 heterocycles. The van der Waals surface area contributed by atoms with E-state index in [2.05, 4.69) is 19.9 Å². The summed E-state index contributed by atoms with van der Waals surface area (Å²) in [5, 5.41) is 0.610. The number of nitrogens with two attached hydrogens (primary N) is 1. The average molecular weight is 222 g/mol. The van der Waals surface area contributed by atoms with Gasteiger partial charge in [0.1, 0.15) is 5.69 Å². The quantitative estimate of drug-likeness (QED) is 0.748. The third-order valence-corrected chi connectivity index (χ3v) is 2.41. The number of hydrogen-bond acceptors (Lipinski definition) is 6. The van der Waals surface area contributed by atoms with Gasteiger partial charge in [-0.1, -0.05) is 11.8 Å². The Bertz CT molecular complexity index is 480. The van der Waals surface area contributed by atoms with Gasteiger partial charge in [0.05, 0.1) is 12.5 Å². The van der Waals surface area contributed by atoms with Gasteiger partial charge in [-0.3, -0.25) is 0 Å². The van der Waals surface area contributed by atoms with Gasteiger partial charge in [0.15, 0.2) is 11.0 Å². The molecule has 0 aliphatic carbocycles. The number of thioether (sulfide) groups is 1. The van der Waals surface area contributed by atoms with Crippen LogP contribution in [0.25, 0.3) is 11.5 Å². The van der Waals surface area contributed by atoms with E-state index >= 15 is 0 Å². The van der Waals surface area contributed by atoms with Crippen molar-refractivity contribution in [2.24, 2.45) is 7.05 Å². The highest BCUT2D eigenvalue weighted by molar-refractivity contribution is 7.98. The van der Waals surface area contributed by atoms with Crippen molar-refractivity contribution >= 4 is 17.7 Å². The molecule has 0 saturated carbocycles. The first-order valence-electron chi connectivity index (χ1n) is 4.23. The summed E-state index contributed by atoms with van der Waals surface area (Å²) in [5.74, 6) is 0.775. The second-order valence-electron chi connectivity index (χ2n) is 2.89. The lowest BCUT2D eigenvalue weighted by Gasteiger charge is -2.02. The zero-order valence-corrected chi connectivity index (χ0v) is 9.19. The summed E-state index contributed by atoms with van der Waals surface area (Å²) in [6.45, 7) is 0. The largest absolute Gasteiger partial charge is 0.368 e. The topological polar surface area (TPSA) is 82.5 Å². The molecule has 0 aliphatic rings. The van der Waals surface area contributed by atoms with Gasteiger partial charge in [-0.2, -0.15) is 9.97 Å². The monoisotopic (exact) mass is 222 g/mol. The first-order chi connectivity index (χ1) is 7.20. The van der Waals surface area contributed by atoms with Crippen molar-refractivity contribution in [2.45, 2.75) is 5.16 Å². The average Bonchev–Trinajstić information content (AvgIpc) is 2.63. The molecule has 0 fully saturated rings. The molecule has 0 spiro atoms. The fourth-order valence-corrected chi connectivity index (χ4v) is 1.51. The minimum absolute atomic E-state index is 0.227. The minimum atomic E-state index is 0.227. The Morgan fingerprint density at radius 3 is 2.73 bits per heavy atom. The van der Waals surface area contributed by atoms with Gasteiger partial charge >= 0.3 is 0 Å². The Morgan fingerprint density at radius 2 is 2.13 bits per heavy atom. The molecule has 0 bridgehead atoms. The Balaban J connectivity index is 2.53. The van der Waals surface area contributed by atoms with Crippen LogP contribution in [0, 0.1) is 0 Å². The molecule has 6 nitrogen and oxygen atoms in total. The number of nitrogens with zero attached hydrogens (tertiary/aromatic N) is 5. The van der Waals surface area contributed by atoms with Gasteiger partial charge in [0.25, 0.3) is 0 Å². The van der Waals surface area contributed by atoms with E-state index in [9.17, 15) is 0 Å². The third kappa shape index (κ3) is 1.91. The van der Waals surface area contributed by atoms with E-state index in [0.29, 0.717) is 11.0 Å². The van der Waals surface area contributed by atoms with E-state index in [1.165, 1.54) is 11.8 Å². The van der Waals surface area contributed by atoms with E-state index < -0.39 is 0 Å². The summed E-state index contributed by atoms with van der Waals surface area (Å²) in [6, 6.07) is 0. The first-order valence-corrected chi connectivity index (χ1v) is 5.45. The zero-order chi connectivity index (χ0) is 10.8. The van der Waals surface area contributed by atoms with Crippen LogP contribution in [0.15, 0.2) is 17.7 Å². The third-order valence-electron chi connectivity index (χ3n) is 1.86. The number of aromatic nitrogens is 5. The molecule has 0 aliphatic heterocycles. The lowest BCUT2D eigenvalue weighted by atomic mass is 10.4. The maximum absolute atomic E-state index is 5.59. The second-order valence-corrected chi connectivity index (χ2v) is 3.67. The lowest BCUT2D eigenvalue weighted by molar-refractivity contribution is 0.875. The highest BCUT2D eigenvalue weighted by Gasteiger charge is 2.08. The summed E-state index contributed by atoms with van der Waals surface area (Å²) in [7, 11) is 1.88. The van der Waals surface area contributed by atoms with Gasteiger partial charge < -0.3 is 10.3 Å². The smallest absolute Gasteiger partial charge is 0.224 e. The van der Waals surface area contributed by atoms with E-state index in [1.54, 1.807) is 12.5 Å². The molecular formula is C8H10N6S. The second kappa shape index (κ2) is 3.85. The van der Waals surface area contributed by atoms with Crippen LogP contribution in [0.2, 0.25) is 0 Å². The van der Waals surface area contributed by atoms with Gasteiger partial charge in [-0.05, 0) is 6.26 Å². The molecule has 2 rings (SSSR count). The number of aryl methyl sites for hydroxylation is 1. The molecule has 2 aromatic rings. The fraction of sp³-hybridized carbons (Fsp3) is 0.250. The molecule has 0 atom stereocenters. The number of rotatable bonds is 2. The van der Waals surface area contributed by atoms with Gasteiger partial charge in [0.2, 0.25) is 5.95 Å². The normalized spacial score (nSPS) is 10.5. The van der Waals surface area contributed by atoms with Gasteiger partial charge in [0, 0.05) is 7.05 Å². The zero-order valence-electron chi connectivity index (χ0n) is 8.38. The molecule has 78 valence electrons. The molecule has 0 aromatic carbocycles. The van der Waals surface area contributed by atoms with Crippen LogP contribution in [-0.2, 0) is 7.05 Å². The van der Waals surface area contributed by atoms with Crippen molar-refractivity contribution in [2.75, 3.05) is 12.0 Å². The van der Waals surface area contributed by atoms with Crippen LogP contribution < -0.4 is 5.73 Å². The maximum atomic E-state index is 5.59. The molecule has 7 heteroatoms. The van der Waals surface area contributed by atoms with Crippen LogP contribution >= 0.6 is 11.8 Å². The summed E-state index contributed by atoms with van der Waals surface area (Å²) in [6.07, 6.45) is 5.27. The van der Waals surface area contributed by atoms with Crippen LogP contribution in [0.5, 0.6) is 0 Å². The van der Waals surface area contributed by atoms with Crippen molar-refractivity contribution in [3.8, 4) is 11.5 Å². The highest BCUT2D eigenvalue weighted by atomic mass is 32.2. The summed E-state index contributed by atoms with van der Waals surface area (Å²) >= 11 is 1.43. The van der Waals surface area contributed by atoms with Crippen molar-refractivity contribution in [3.05, 3.63) is 12.5 Å². The number of imidazole rings is 1. The molecule has 0 amide bonds. The van der Waals surface area contributed by atoms with Crippen molar-refractivity contribution < 1.29 is 0 Å². The predicted molar refractivity (Wildman–Crippen MR) is 58.2 cm³/mol. The maximum Gasteiger partial charge on any atom is 0.224 e. The SMILES string of the molecule is CSc1nc(N)nc(-c2cncn2C)n1. The molecule has 0 radical (unpaired) electrons. The Morgan fingerprint density at radius 1 is 1.33 bits per heavy atom. The van der Waals surface area contributed by atoms with Gasteiger partial charge in [-0.25, -0.2) is 9.97 Å². The fourth-order valence-electron chi connectivity index (χ4n) is 1.15. The van der Waals surface area contributed by atoms with Crippen LogP contribution in [-0.4, -0.2) is 30.8 Å². The summed E-state index contributed by atoms with van der Waals surface area (Å²) in [5.41, 5.74) is 6.40. The van der Waals surface area contributed by atoms with E-state index in [1.807, 2.05) is 17.9 Å². The lowest BCUT2D eigenvalue weighted by Crippen LogP contribution is -2.03.